The van der Waals surface area contributed by atoms with E-state index in [0.717, 1.165) is 18.2 Å². The largest absolute Gasteiger partial charge is 0.464 e. The van der Waals surface area contributed by atoms with Crippen molar-refractivity contribution in [1.29, 1.82) is 0 Å². The van der Waals surface area contributed by atoms with Crippen LogP contribution in [0.1, 0.15) is 6.42 Å². The molecule has 0 aromatic carbocycles. The Morgan fingerprint density at radius 3 is 1.23 bits per heavy atom. The number of esters is 4. The van der Waals surface area contributed by atoms with E-state index in [4.69, 9.17) is 14.2 Å². The summed E-state index contributed by atoms with van der Waals surface area (Å²) < 4.78 is 21.0. The van der Waals surface area contributed by atoms with Crippen molar-refractivity contribution in [2.75, 3.05) is 26.4 Å². The number of ether oxygens (including phenoxy) is 4. The van der Waals surface area contributed by atoms with E-state index in [-0.39, 0.29) is 26.2 Å². The van der Waals surface area contributed by atoms with Crippen LogP contribution in [0, 0.1) is 0 Å². The number of carbonyl (C=O) groups excluding carboxylic acids is 4. The average molecular weight is 495 g/mol. The van der Waals surface area contributed by atoms with Crippen LogP contribution in [0.3, 0.4) is 0 Å². The molecule has 1 rings (SSSR count). The van der Waals surface area contributed by atoms with Gasteiger partial charge in [0.25, 0.3) is 0 Å². The summed E-state index contributed by atoms with van der Waals surface area (Å²) in [6.45, 7) is 7.03. The van der Waals surface area contributed by atoms with Gasteiger partial charge in [0.2, 0.25) is 0 Å². The lowest BCUT2D eigenvalue weighted by Crippen LogP contribution is -2.55. The highest BCUT2D eigenvalue weighted by Crippen LogP contribution is 1.91. The molecule has 0 amide bonds. The second-order valence-corrected chi connectivity index (χ2v) is 6.39. The van der Waals surface area contributed by atoms with Crippen LogP contribution in [0.4, 0.5) is 0 Å². The monoisotopic (exact) mass is 495 g/mol. The molecule has 0 bridgehead atoms. The molecule has 0 atom stereocenters. The fourth-order valence-electron chi connectivity index (χ4n) is 2.47. The minimum absolute atomic E-state index is 0.256. The fraction of sp³-hybridized carbons (Fsp3) is 0.381. The van der Waals surface area contributed by atoms with Crippen LogP contribution < -0.4 is 17.1 Å². The highest BCUT2D eigenvalue weighted by atomic mass is 16.6. The first-order chi connectivity index (χ1) is 16.7. The van der Waals surface area contributed by atoms with Crippen molar-refractivity contribution < 1.29 is 38.1 Å². The van der Waals surface area contributed by atoms with Crippen LogP contribution in [0.25, 0.3) is 0 Å². The lowest BCUT2D eigenvalue weighted by atomic mass is 10.4. The molecule has 0 fully saturated rings. The smallest absolute Gasteiger partial charge is 0.336 e. The standard InChI is InChI=1S/C21H25N3O11/c1-4-15(25)32-11-7-18(28)35-14-10-24-20(30)22(8-12-33-16(26)5-2)19(29)23(21(24)31)9-13-34-17(27)6-3/h4-6H,1-3,7-14H2. The first kappa shape index (κ1) is 28.5. The molecule has 0 saturated heterocycles. The lowest BCUT2D eigenvalue weighted by molar-refractivity contribution is -0.147. The molecular weight excluding hydrogens is 470 g/mol. The van der Waals surface area contributed by atoms with Crippen LogP contribution in [-0.2, 0) is 57.8 Å². The zero-order chi connectivity index (χ0) is 26.4. The normalized spacial score (nSPS) is 10.1. The molecule has 0 aliphatic rings. The van der Waals surface area contributed by atoms with Gasteiger partial charge in [-0.1, -0.05) is 19.7 Å². The van der Waals surface area contributed by atoms with Gasteiger partial charge in [0, 0.05) is 18.2 Å². The van der Waals surface area contributed by atoms with Crippen molar-refractivity contribution in [2.24, 2.45) is 0 Å². The van der Waals surface area contributed by atoms with E-state index in [2.05, 4.69) is 24.5 Å². The topological polar surface area (TPSA) is 171 Å². The minimum Gasteiger partial charge on any atom is -0.464 e. The number of rotatable bonds is 15. The number of hydrogen-bond acceptors (Lipinski definition) is 11. The molecule has 0 radical (unpaired) electrons. The van der Waals surface area contributed by atoms with Crippen molar-refractivity contribution in [1.82, 2.24) is 13.7 Å². The second-order valence-electron chi connectivity index (χ2n) is 6.39. The van der Waals surface area contributed by atoms with Gasteiger partial charge in [0.1, 0.15) is 26.4 Å². The van der Waals surface area contributed by atoms with E-state index < -0.39 is 67.2 Å². The second kappa shape index (κ2) is 14.6. The molecule has 190 valence electrons. The predicted octanol–water partition coefficient (Wildman–Crippen LogP) is -1.71. The molecular formula is C21H25N3O11. The van der Waals surface area contributed by atoms with Gasteiger partial charge in [0.05, 0.1) is 26.1 Å². The zero-order valence-electron chi connectivity index (χ0n) is 18.8. The van der Waals surface area contributed by atoms with Crippen molar-refractivity contribution in [3.8, 4) is 0 Å². The van der Waals surface area contributed by atoms with Gasteiger partial charge in [-0.25, -0.2) is 42.5 Å². The van der Waals surface area contributed by atoms with Gasteiger partial charge in [-0.3, -0.25) is 4.79 Å². The summed E-state index contributed by atoms with van der Waals surface area (Å²) in [5.41, 5.74) is -3.10. The minimum atomic E-state index is -1.04. The summed E-state index contributed by atoms with van der Waals surface area (Å²) in [5.74, 6) is -3.05. The summed E-state index contributed by atoms with van der Waals surface area (Å²) in [6.07, 6.45) is 2.43. The van der Waals surface area contributed by atoms with Gasteiger partial charge in [0.15, 0.2) is 0 Å². The van der Waals surface area contributed by atoms with Crippen molar-refractivity contribution in [2.45, 2.75) is 26.1 Å². The van der Waals surface area contributed by atoms with E-state index in [1.165, 1.54) is 0 Å². The molecule has 14 nitrogen and oxygen atoms in total. The Morgan fingerprint density at radius 1 is 0.571 bits per heavy atom. The third kappa shape index (κ3) is 9.11. The summed E-state index contributed by atoms with van der Waals surface area (Å²) in [7, 11) is 0. The highest BCUT2D eigenvalue weighted by Gasteiger charge is 2.17. The van der Waals surface area contributed by atoms with E-state index >= 15 is 0 Å². The van der Waals surface area contributed by atoms with E-state index in [0.29, 0.717) is 13.7 Å². The molecule has 14 heteroatoms. The first-order valence-corrected chi connectivity index (χ1v) is 10.1. The molecule has 1 heterocycles. The summed E-state index contributed by atoms with van der Waals surface area (Å²) in [4.78, 5) is 83.3. The highest BCUT2D eigenvalue weighted by molar-refractivity contribution is 5.82. The molecule has 0 spiro atoms. The van der Waals surface area contributed by atoms with Crippen LogP contribution in [-0.4, -0.2) is 64.0 Å². The third-order valence-electron chi connectivity index (χ3n) is 4.13. The summed E-state index contributed by atoms with van der Waals surface area (Å²) in [6, 6.07) is 0. The zero-order valence-corrected chi connectivity index (χ0v) is 18.8. The number of carbonyl (C=O) groups is 4. The fourth-order valence-corrected chi connectivity index (χ4v) is 2.47. The average Bonchev–Trinajstić information content (AvgIpc) is 2.84. The number of aromatic nitrogens is 3. The van der Waals surface area contributed by atoms with Gasteiger partial charge in [-0.15, -0.1) is 0 Å². The Labute approximate surface area is 198 Å². The van der Waals surface area contributed by atoms with E-state index in [9.17, 15) is 33.6 Å². The maximum absolute atomic E-state index is 12.7. The van der Waals surface area contributed by atoms with Crippen LogP contribution >= 0.6 is 0 Å². The number of hydrogen-bond donors (Lipinski definition) is 0. The van der Waals surface area contributed by atoms with E-state index in [1.54, 1.807) is 0 Å². The van der Waals surface area contributed by atoms with Crippen molar-refractivity contribution in [3.05, 3.63) is 69.4 Å². The predicted molar refractivity (Wildman–Crippen MR) is 118 cm³/mol. The van der Waals surface area contributed by atoms with Gasteiger partial charge in [-0.05, 0) is 0 Å². The SMILES string of the molecule is C=CC(=O)OCCC(=O)OCCn1c(=O)n(CCOC(=O)C=C)c(=O)n(CCOC(=O)C=C)c1=O. The van der Waals surface area contributed by atoms with Gasteiger partial charge < -0.3 is 18.9 Å². The molecule has 1 aromatic rings. The Kier molecular flexibility index (Phi) is 11.9. The summed E-state index contributed by atoms with van der Waals surface area (Å²) in [5, 5.41) is 0. The molecule has 0 aliphatic heterocycles. The maximum atomic E-state index is 12.7. The van der Waals surface area contributed by atoms with Gasteiger partial charge >= 0.3 is 40.9 Å². The Bertz CT molecular complexity index is 1090. The lowest BCUT2D eigenvalue weighted by Gasteiger charge is -2.14. The van der Waals surface area contributed by atoms with Crippen LogP contribution in [0.2, 0.25) is 0 Å². The molecule has 0 saturated carbocycles. The Hall–Kier alpha value is -4.49. The van der Waals surface area contributed by atoms with Crippen molar-refractivity contribution >= 4 is 23.9 Å². The van der Waals surface area contributed by atoms with Gasteiger partial charge in [-0.2, -0.15) is 0 Å². The quantitative estimate of drug-likeness (QED) is 0.154. The summed E-state index contributed by atoms with van der Waals surface area (Å²) >= 11 is 0. The van der Waals surface area contributed by atoms with Crippen LogP contribution in [0.5, 0.6) is 0 Å². The Balaban J connectivity index is 3.05. The third-order valence-corrected chi connectivity index (χ3v) is 4.13. The first-order valence-electron chi connectivity index (χ1n) is 10.1. The van der Waals surface area contributed by atoms with Crippen LogP contribution in [0.15, 0.2) is 52.3 Å². The molecule has 0 aliphatic carbocycles. The molecule has 35 heavy (non-hydrogen) atoms. The molecule has 0 unspecified atom stereocenters. The molecule has 0 N–H and O–H groups in total. The number of nitrogens with zero attached hydrogens (tertiary/aromatic N) is 3. The van der Waals surface area contributed by atoms with E-state index in [1.807, 2.05) is 0 Å². The maximum Gasteiger partial charge on any atom is 0.336 e. The Morgan fingerprint density at radius 2 is 0.886 bits per heavy atom. The van der Waals surface area contributed by atoms with Crippen molar-refractivity contribution in [3.63, 3.8) is 0 Å². The molecule has 1 aromatic heterocycles.